The summed E-state index contributed by atoms with van der Waals surface area (Å²) in [5.41, 5.74) is -0.0600. The number of esters is 1. The molecular formula is C20H30BN3O6S. The summed E-state index contributed by atoms with van der Waals surface area (Å²) in [6, 6.07) is 6.01. The Kier molecular flexibility index (Phi) is 11.3. The van der Waals surface area contributed by atoms with Gasteiger partial charge >= 0.3 is 18.9 Å². The molecule has 0 saturated heterocycles. The molecule has 1 aromatic carbocycles. The summed E-state index contributed by atoms with van der Waals surface area (Å²) >= 11 is 1.20. The van der Waals surface area contributed by atoms with Crippen LogP contribution in [0.15, 0.2) is 24.3 Å². The lowest BCUT2D eigenvalue weighted by molar-refractivity contribution is -0.161. The van der Waals surface area contributed by atoms with Crippen LogP contribution in [-0.2, 0) is 19.1 Å². The molecule has 31 heavy (non-hydrogen) atoms. The molecule has 0 unspecified atom stereocenters. The molecule has 0 aromatic heterocycles. The van der Waals surface area contributed by atoms with Crippen molar-refractivity contribution in [1.29, 1.82) is 0 Å². The van der Waals surface area contributed by atoms with Crippen molar-refractivity contribution in [3.8, 4) is 0 Å². The monoisotopic (exact) mass is 451 g/mol. The number of hydrogen-bond donors (Lipinski definition) is 4. The molecule has 0 atom stereocenters. The van der Waals surface area contributed by atoms with Gasteiger partial charge in [0.15, 0.2) is 5.12 Å². The molecule has 0 aliphatic carbocycles. The predicted octanol–water partition coefficient (Wildman–Crippen LogP) is 1.44. The van der Waals surface area contributed by atoms with Crippen LogP contribution in [0.3, 0.4) is 0 Å². The SMILES string of the molecule is CB(O)NCCCSC(=O)CCNC(=O)c1ccc(NC(=O)C(=O)OC(C)(C)C)cc1. The molecule has 11 heteroatoms. The zero-order valence-corrected chi connectivity index (χ0v) is 19.1. The van der Waals surface area contributed by atoms with Crippen molar-refractivity contribution in [3.63, 3.8) is 0 Å². The Balaban J connectivity index is 2.34. The minimum atomic E-state index is -0.990. The van der Waals surface area contributed by atoms with Crippen molar-refractivity contribution in [2.24, 2.45) is 0 Å². The molecular weight excluding hydrogens is 421 g/mol. The van der Waals surface area contributed by atoms with E-state index in [-0.39, 0.29) is 24.0 Å². The first kappa shape index (κ1) is 26.7. The van der Waals surface area contributed by atoms with Gasteiger partial charge in [-0.2, -0.15) is 0 Å². The Bertz CT molecular complexity index is 765. The number of carbonyl (C=O) groups is 4. The normalized spacial score (nSPS) is 10.9. The molecule has 1 rings (SSSR count). The van der Waals surface area contributed by atoms with Crippen molar-refractivity contribution < 1.29 is 28.9 Å². The second kappa shape index (κ2) is 13.1. The first-order chi connectivity index (χ1) is 14.5. The summed E-state index contributed by atoms with van der Waals surface area (Å²) < 4.78 is 4.99. The fourth-order valence-corrected chi connectivity index (χ4v) is 3.00. The van der Waals surface area contributed by atoms with Crippen molar-refractivity contribution in [2.75, 3.05) is 24.2 Å². The van der Waals surface area contributed by atoms with Crippen LogP contribution in [0.2, 0.25) is 6.82 Å². The lowest BCUT2D eigenvalue weighted by atomic mass is 9.89. The minimum absolute atomic E-state index is 0.0162. The number of anilines is 1. The number of rotatable bonds is 10. The van der Waals surface area contributed by atoms with Gasteiger partial charge in [-0.1, -0.05) is 11.8 Å². The molecule has 1 aromatic rings. The van der Waals surface area contributed by atoms with Gasteiger partial charge in [0.05, 0.1) is 0 Å². The van der Waals surface area contributed by atoms with Gasteiger partial charge in [0.25, 0.3) is 5.91 Å². The molecule has 0 aliphatic rings. The van der Waals surface area contributed by atoms with Gasteiger partial charge in [-0.3, -0.25) is 14.4 Å². The van der Waals surface area contributed by atoms with Crippen LogP contribution >= 0.6 is 11.8 Å². The first-order valence-corrected chi connectivity index (χ1v) is 11.0. The maximum absolute atomic E-state index is 12.2. The van der Waals surface area contributed by atoms with E-state index in [9.17, 15) is 19.2 Å². The fraction of sp³-hybridized carbons (Fsp3) is 0.500. The predicted molar refractivity (Wildman–Crippen MR) is 122 cm³/mol. The molecule has 9 nitrogen and oxygen atoms in total. The highest BCUT2D eigenvalue weighted by atomic mass is 32.2. The Morgan fingerprint density at radius 3 is 2.32 bits per heavy atom. The quantitative estimate of drug-likeness (QED) is 0.182. The lowest BCUT2D eigenvalue weighted by Gasteiger charge is -2.18. The van der Waals surface area contributed by atoms with Crippen LogP contribution in [-0.4, -0.2) is 59.4 Å². The second-order valence-corrected chi connectivity index (χ2v) is 8.90. The number of carbonyl (C=O) groups excluding carboxylic acids is 4. The van der Waals surface area contributed by atoms with Gasteiger partial charge in [-0.05, 0) is 64.8 Å². The summed E-state index contributed by atoms with van der Waals surface area (Å²) in [7, 11) is -0.564. The van der Waals surface area contributed by atoms with Gasteiger partial charge in [0, 0.05) is 30.0 Å². The Labute approximate surface area is 187 Å². The van der Waals surface area contributed by atoms with Gasteiger partial charge in [-0.15, -0.1) is 0 Å². The highest BCUT2D eigenvalue weighted by Gasteiger charge is 2.22. The summed E-state index contributed by atoms with van der Waals surface area (Å²) in [6.07, 6.45) is 0.967. The smallest absolute Gasteiger partial charge is 0.397 e. The van der Waals surface area contributed by atoms with E-state index >= 15 is 0 Å². The van der Waals surface area contributed by atoms with Gasteiger partial charge in [-0.25, -0.2) is 4.79 Å². The van der Waals surface area contributed by atoms with E-state index in [0.29, 0.717) is 23.5 Å². The van der Waals surface area contributed by atoms with Crippen LogP contribution < -0.4 is 15.9 Å². The molecule has 0 radical (unpaired) electrons. The number of thioether (sulfide) groups is 1. The Morgan fingerprint density at radius 2 is 1.74 bits per heavy atom. The minimum Gasteiger partial charge on any atom is -0.453 e. The van der Waals surface area contributed by atoms with Crippen molar-refractivity contribution in [3.05, 3.63) is 29.8 Å². The highest BCUT2D eigenvalue weighted by molar-refractivity contribution is 8.13. The molecule has 0 aliphatic heterocycles. The topological polar surface area (TPSA) is 134 Å². The third-order valence-electron chi connectivity index (χ3n) is 3.63. The molecule has 0 bridgehead atoms. The average Bonchev–Trinajstić information content (AvgIpc) is 2.66. The third kappa shape index (κ3) is 12.2. The number of hydrogen-bond acceptors (Lipinski definition) is 8. The highest BCUT2D eigenvalue weighted by Crippen LogP contribution is 2.12. The molecule has 2 amide bonds. The number of ether oxygens (including phenoxy) is 1. The fourth-order valence-electron chi connectivity index (χ4n) is 2.23. The number of nitrogens with one attached hydrogen (secondary N) is 3. The van der Waals surface area contributed by atoms with Crippen molar-refractivity contribution in [1.82, 2.24) is 10.5 Å². The molecule has 170 valence electrons. The van der Waals surface area contributed by atoms with Gasteiger partial charge in [0.1, 0.15) is 5.60 Å². The molecule has 0 fully saturated rings. The van der Waals surface area contributed by atoms with Crippen LogP contribution in [0.5, 0.6) is 0 Å². The van der Waals surface area contributed by atoms with Crippen molar-refractivity contribution >= 4 is 47.4 Å². The van der Waals surface area contributed by atoms with E-state index in [4.69, 9.17) is 9.76 Å². The summed E-state index contributed by atoms with van der Waals surface area (Å²) in [4.78, 5) is 47.5. The van der Waals surface area contributed by atoms with Gasteiger partial charge in [0.2, 0.25) is 0 Å². The van der Waals surface area contributed by atoms with E-state index in [1.807, 2.05) is 0 Å². The summed E-state index contributed by atoms with van der Waals surface area (Å²) in [5, 5.41) is 17.0. The van der Waals surface area contributed by atoms with E-state index in [2.05, 4.69) is 15.9 Å². The average molecular weight is 451 g/mol. The van der Waals surface area contributed by atoms with Crippen LogP contribution in [0.25, 0.3) is 0 Å². The first-order valence-electron chi connectivity index (χ1n) is 9.97. The lowest BCUT2D eigenvalue weighted by Crippen LogP contribution is -2.32. The maximum Gasteiger partial charge on any atom is 0.397 e. The Hall–Kier alpha value is -2.37. The van der Waals surface area contributed by atoms with Crippen LogP contribution in [0.1, 0.15) is 44.0 Å². The van der Waals surface area contributed by atoms with Crippen LogP contribution in [0.4, 0.5) is 5.69 Å². The van der Waals surface area contributed by atoms with E-state index in [1.165, 1.54) is 36.0 Å². The van der Waals surface area contributed by atoms with Crippen molar-refractivity contribution in [2.45, 2.75) is 46.0 Å². The standard InChI is InChI=1S/C20H30BN3O6S/c1-20(2,3)30-19(28)18(27)24-15-8-6-14(7-9-15)17(26)22-12-10-16(25)31-13-5-11-23-21(4)29/h6-9,23,29H,5,10-13H2,1-4H3,(H,22,26)(H,24,27). The molecule has 0 spiro atoms. The third-order valence-corrected chi connectivity index (χ3v) is 4.65. The maximum atomic E-state index is 12.2. The van der Waals surface area contributed by atoms with E-state index < -0.39 is 24.5 Å². The second-order valence-electron chi connectivity index (χ2n) is 7.74. The Morgan fingerprint density at radius 1 is 1.10 bits per heavy atom. The largest absolute Gasteiger partial charge is 0.453 e. The van der Waals surface area contributed by atoms with Gasteiger partial charge < -0.3 is 25.6 Å². The van der Waals surface area contributed by atoms with E-state index in [0.717, 1.165) is 6.42 Å². The van der Waals surface area contributed by atoms with E-state index in [1.54, 1.807) is 27.6 Å². The zero-order valence-electron chi connectivity index (χ0n) is 18.3. The number of amides is 2. The molecule has 4 N–H and O–H groups in total. The molecule has 0 saturated carbocycles. The number of benzene rings is 1. The molecule has 0 heterocycles. The van der Waals surface area contributed by atoms with Crippen LogP contribution in [0, 0.1) is 0 Å². The summed E-state index contributed by atoms with van der Waals surface area (Å²) in [5.74, 6) is -1.59. The zero-order chi connectivity index (χ0) is 23.4. The summed E-state index contributed by atoms with van der Waals surface area (Å²) in [6.45, 7) is 7.46.